The van der Waals surface area contributed by atoms with Crippen LogP contribution in [0.1, 0.15) is 12.0 Å². The molecule has 0 bridgehead atoms. The molecule has 0 saturated carbocycles. The lowest BCUT2D eigenvalue weighted by molar-refractivity contribution is 0.621. The number of nitrogens with zero attached hydrogens (tertiary/aromatic N) is 1. The zero-order valence-electron chi connectivity index (χ0n) is 7.47. The van der Waals surface area contributed by atoms with Crippen LogP contribution in [0.15, 0.2) is 18.5 Å². The van der Waals surface area contributed by atoms with E-state index in [-0.39, 0.29) is 5.82 Å². The van der Waals surface area contributed by atoms with Crippen molar-refractivity contribution in [2.45, 2.75) is 6.42 Å². The van der Waals surface area contributed by atoms with Gasteiger partial charge in [-0.05, 0) is 13.1 Å². The summed E-state index contributed by atoms with van der Waals surface area (Å²) in [5.41, 5.74) is 0.621. The monoisotopic (exact) mass is 178 g/mol. The van der Waals surface area contributed by atoms with Crippen LogP contribution in [-0.2, 0) is 0 Å². The van der Waals surface area contributed by atoms with Gasteiger partial charge in [0.05, 0.1) is 6.20 Å². The molecule has 0 atom stereocenters. The first-order valence-electron chi connectivity index (χ1n) is 4.07. The third kappa shape index (κ3) is 3.68. The van der Waals surface area contributed by atoms with Crippen molar-refractivity contribution in [2.24, 2.45) is 0 Å². The first-order valence-corrected chi connectivity index (χ1v) is 4.07. The highest BCUT2D eigenvalue weighted by Crippen LogP contribution is 1.98. The Morgan fingerprint density at radius 3 is 3.08 bits per heavy atom. The number of halogens is 1. The normalized spacial score (nSPS) is 9.08. The average Bonchev–Trinajstić information content (AvgIpc) is 2.13. The Hall–Kier alpha value is -1.40. The summed E-state index contributed by atoms with van der Waals surface area (Å²) < 4.78 is 12.6. The Bertz CT molecular complexity index is 325. The number of rotatable bonds is 2. The zero-order chi connectivity index (χ0) is 9.52. The molecule has 0 aliphatic rings. The van der Waals surface area contributed by atoms with E-state index in [0.717, 1.165) is 13.0 Å². The van der Waals surface area contributed by atoms with Crippen molar-refractivity contribution in [3.63, 3.8) is 0 Å². The molecular weight excluding hydrogens is 167 g/mol. The van der Waals surface area contributed by atoms with Gasteiger partial charge in [0.2, 0.25) is 0 Å². The SMILES string of the molecule is CNCCC#Cc1cncc(F)c1. The highest BCUT2D eigenvalue weighted by molar-refractivity contribution is 5.31. The lowest BCUT2D eigenvalue weighted by atomic mass is 10.3. The molecule has 0 spiro atoms. The first kappa shape index (κ1) is 9.69. The fourth-order valence-electron chi connectivity index (χ4n) is 0.832. The van der Waals surface area contributed by atoms with Gasteiger partial charge >= 0.3 is 0 Å². The van der Waals surface area contributed by atoms with Crippen LogP contribution in [0, 0.1) is 17.7 Å². The predicted octanol–water partition coefficient (Wildman–Crippen LogP) is 1.18. The Kier molecular flexibility index (Phi) is 3.94. The van der Waals surface area contributed by atoms with E-state index in [2.05, 4.69) is 22.1 Å². The molecule has 0 unspecified atom stereocenters. The van der Waals surface area contributed by atoms with Crippen LogP contribution < -0.4 is 5.32 Å². The molecule has 3 heteroatoms. The quantitative estimate of drug-likeness (QED) is 0.543. The van der Waals surface area contributed by atoms with Crippen LogP contribution in [0.2, 0.25) is 0 Å². The van der Waals surface area contributed by atoms with Gasteiger partial charge in [-0.2, -0.15) is 0 Å². The summed E-state index contributed by atoms with van der Waals surface area (Å²) in [7, 11) is 1.87. The van der Waals surface area contributed by atoms with Crippen LogP contribution in [0.25, 0.3) is 0 Å². The minimum Gasteiger partial charge on any atom is -0.319 e. The van der Waals surface area contributed by atoms with Crippen molar-refractivity contribution >= 4 is 0 Å². The van der Waals surface area contributed by atoms with Crippen molar-refractivity contribution in [2.75, 3.05) is 13.6 Å². The van der Waals surface area contributed by atoms with E-state index in [4.69, 9.17) is 0 Å². The molecule has 1 aromatic heterocycles. The van der Waals surface area contributed by atoms with Crippen LogP contribution >= 0.6 is 0 Å². The Morgan fingerprint density at radius 2 is 2.38 bits per heavy atom. The van der Waals surface area contributed by atoms with Crippen LogP contribution in [0.4, 0.5) is 4.39 Å². The summed E-state index contributed by atoms with van der Waals surface area (Å²) >= 11 is 0. The molecule has 1 heterocycles. The summed E-state index contributed by atoms with van der Waals surface area (Å²) in [5, 5.41) is 2.97. The third-order valence-corrected chi connectivity index (χ3v) is 1.44. The van der Waals surface area contributed by atoms with E-state index < -0.39 is 0 Å². The third-order valence-electron chi connectivity index (χ3n) is 1.44. The maximum absolute atomic E-state index is 12.6. The molecular formula is C10H11FN2. The second-order valence-electron chi connectivity index (χ2n) is 2.55. The predicted molar refractivity (Wildman–Crippen MR) is 49.6 cm³/mol. The molecule has 2 nitrogen and oxygen atoms in total. The summed E-state index contributed by atoms with van der Waals surface area (Å²) in [5.74, 6) is 5.39. The van der Waals surface area contributed by atoms with E-state index in [1.807, 2.05) is 7.05 Å². The van der Waals surface area contributed by atoms with Crippen molar-refractivity contribution in [1.82, 2.24) is 10.3 Å². The molecule has 0 fully saturated rings. The number of hydrogen-bond donors (Lipinski definition) is 1. The molecule has 0 aliphatic carbocycles. The zero-order valence-corrected chi connectivity index (χ0v) is 7.47. The van der Waals surface area contributed by atoms with E-state index in [0.29, 0.717) is 5.56 Å². The Morgan fingerprint density at radius 1 is 1.54 bits per heavy atom. The molecule has 68 valence electrons. The van der Waals surface area contributed by atoms with Gasteiger partial charge in [-0.3, -0.25) is 4.98 Å². The van der Waals surface area contributed by atoms with Gasteiger partial charge in [-0.15, -0.1) is 0 Å². The average molecular weight is 178 g/mol. The van der Waals surface area contributed by atoms with Gasteiger partial charge in [0.15, 0.2) is 0 Å². The van der Waals surface area contributed by atoms with Gasteiger partial charge in [0.25, 0.3) is 0 Å². The minimum atomic E-state index is -0.347. The number of nitrogens with one attached hydrogen (secondary N) is 1. The highest BCUT2D eigenvalue weighted by atomic mass is 19.1. The maximum Gasteiger partial charge on any atom is 0.142 e. The summed E-state index contributed by atoms with van der Waals surface area (Å²) in [6, 6.07) is 1.37. The fourth-order valence-corrected chi connectivity index (χ4v) is 0.832. The van der Waals surface area contributed by atoms with Crippen molar-refractivity contribution in [1.29, 1.82) is 0 Å². The van der Waals surface area contributed by atoms with Crippen molar-refractivity contribution < 1.29 is 4.39 Å². The van der Waals surface area contributed by atoms with Crippen LogP contribution in [0.5, 0.6) is 0 Å². The summed E-state index contributed by atoms with van der Waals surface area (Å²) in [4.78, 5) is 3.69. The Balaban J connectivity index is 2.56. The second-order valence-corrected chi connectivity index (χ2v) is 2.55. The molecule has 0 saturated heterocycles. The Labute approximate surface area is 77.2 Å². The lowest BCUT2D eigenvalue weighted by Gasteiger charge is -1.90. The fraction of sp³-hybridized carbons (Fsp3) is 0.300. The molecule has 0 aliphatic heterocycles. The van der Waals surface area contributed by atoms with Crippen molar-refractivity contribution in [3.05, 3.63) is 29.8 Å². The number of hydrogen-bond acceptors (Lipinski definition) is 2. The second kappa shape index (κ2) is 5.28. The lowest BCUT2D eigenvalue weighted by Crippen LogP contribution is -2.05. The van der Waals surface area contributed by atoms with Crippen LogP contribution in [-0.4, -0.2) is 18.6 Å². The van der Waals surface area contributed by atoms with Gasteiger partial charge in [0, 0.05) is 24.7 Å². The molecule has 0 radical (unpaired) electrons. The first-order chi connectivity index (χ1) is 6.33. The topological polar surface area (TPSA) is 24.9 Å². The molecule has 1 aromatic rings. The number of pyridine rings is 1. The van der Waals surface area contributed by atoms with Gasteiger partial charge in [0.1, 0.15) is 5.82 Å². The molecule has 1 N–H and O–H groups in total. The molecule has 0 amide bonds. The minimum absolute atomic E-state index is 0.347. The van der Waals surface area contributed by atoms with E-state index >= 15 is 0 Å². The summed E-state index contributed by atoms with van der Waals surface area (Å²) in [6.07, 6.45) is 3.47. The highest BCUT2D eigenvalue weighted by Gasteiger charge is 1.90. The smallest absolute Gasteiger partial charge is 0.142 e. The van der Waals surface area contributed by atoms with E-state index in [9.17, 15) is 4.39 Å². The number of aromatic nitrogens is 1. The van der Waals surface area contributed by atoms with E-state index in [1.54, 1.807) is 6.20 Å². The van der Waals surface area contributed by atoms with Crippen molar-refractivity contribution in [3.8, 4) is 11.8 Å². The van der Waals surface area contributed by atoms with Gasteiger partial charge in [-0.1, -0.05) is 11.8 Å². The van der Waals surface area contributed by atoms with Gasteiger partial charge in [-0.25, -0.2) is 4.39 Å². The summed E-state index contributed by atoms with van der Waals surface area (Å²) in [6.45, 7) is 0.843. The molecule has 13 heavy (non-hydrogen) atoms. The molecule has 0 aromatic carbocycles. The maximum atomic E-state index is 12.6. The van der Waals surface area contributed by atoms with E-state index in [1.165, 1.54) is 12.3 Å². The molecule has 1 rings (SSSR count). The van der Waals surface area contributed by atoms with Crippen LogP contribution in [0.3, 0.4) is 0 Å². The standard InChI is InChI=1S/C10H11FN2/c1-12-5-3-2-4-9-6-10(11)8-13-7-9/h6-8,12H,3,5H2,1H3. The van der Waals surface area contributed by atoms with Gasteiger partial charge < -0.3 is 5.32 Å². The largest absolute Gasteiger partial charge is 0.319 e.